The zero-order valence-electron chi connectivity index (χ0n) is 11.3. The smallest absolute Gasteiger partial charge is 0.240 e. The lowest BCUT2D eigenvalue weighted by molar-refractivity contribution is 0.0699. The molecule has 0 atom stereocenters. The first kappa shape index (κ1) is 16.8. The molecular formula is C12H19FN2O4S. The summed E-state index contributed by atoms with van der Waals surface area (Å²) in [5, 5.41) is 0. The molecule has 3 N–H and O–H groups in total. The number of halogens is 1. The highest BCUT2D eigenvalue weighted by Crippen LogP contribution is 2.15. The molecule has 0 bridgehead atoms. The zero-order valence-corrected chi connectivity index (χ0v) is 12.1. The number of benzene rings is 1. The molecule has 0 fully saturated rings. The van der Waals surface area contributed by atoms with Gasteiger partial charge in [0, 0.05) is 20.3 Å². The van der Waals surface area contributed by atoms with E-state index in [4.69, 9.17) is 15.2 Å². The molecular weight excluding hydrogens is 287 g/mol. The summed E-state index contributed by atoms with van der Waals surface area (Å²) in [4.78, 5) is -0.149. The van der Waals surface area contributed by atoms with Crippen LogP contribution in [-0.4, -0.2) is 41.9 Å². The number of hydrogen-bond donors (Lipinski definition) is 2. The fourth-order valence-electron chi connectivity index (χ4n) is 1.38. The predicted octanol–water partition coefficient (Wildman–Crippen LogP) is 0.739. The lowest BCUT2D eigenvalue weighted by atomic mass is 10.3. The summed E-state index contributed by atoms with van der Waals surface area (Å²) in [7, 11) is -2.15. The third-order valence-electron chi connectivity index (χ3n) is 2.47. The van der Waals surface area contributed by atoms with Crippen LogP contribution in [0, 0.1) is 5.82 Å². The lowest BCUT2D eigenvalue weighted by Gasteiger charge is -2.08. The third-order valence-corrected chi connectivity index (χ3v) is 3.93. The lowest BCUT2D eigenvalue weighted by Crippen LogP contribution is -2.25. The van der Waals surface area contributed by atoms with Gasteiger partial charge in [0.25, 0.3) is 0 Å². The minimum atomic E-state index is -3.72. The van der Waals surface area contributed by atoms with E-state index < -0.39 is 15.8 Å². The average molecular weight is 306 g/mol. The number of ether oxygens (including phenoxy) is 2. The number of nitrogen functional groups attached to an aromatic ring is 1. The Morgan fingerprint density at radius 3 is 2.70 bits per heavy atom. The molecule has 0 aromatic heterocycles. The van der Waals surface area contributed by atoms with E-state index in [1.807, 2.05) is 0 Å². The molecule has 0 spiro atoms. The van der Waals surface area contributed by atoms with Gasteiger partial charge in [-0.3, -0.25) is 0 Å². The van der Waals surface area contributed by atoms with E-state index in [1.54, 1.807) is 7.11 Å². The van der Waals surface area contributed by atoms with Crippen LogP contribution in [-0.2, 0) is 19.5 Å². The molecule has 1 aromatic carbocycles. The van der Waals surface area contributed by atoms with Crippen molar-refractivity contribution in [1.82, 2.24) is 4.72 Å². The standard InChI is InChI=1S/C12H19FN2O4S/c1-18-7-8-19-6-2-5-15-20(16,17)10-3-4-12(14)11(13)9-10/h3-4,9,15H,2,5-8,14H2,1H3. The van der Waals surface area contributed by atoms with Crippen LogP contribution in [0.25, 0.3) is 0 Å². The van der Waals surface area contributed by atoms with Crippen molar-refractivity contribution in [3.05, 3.63) is 24.0 Å². The molecule has 0 unspecified atom stereocenters. The predicted molar refractivity (Wildman–Crippen MR) is 73.3 cm³/mol. The average Bonchev–Trinajstić information content (AvgIpc) is 2.40. The highest BCUT2D eigenvalue weighted by atomic mass is 32.2. The van der Waals surface area contributed by atoms with Crippen LogP contribution >= 0.6 is 0 Å². The highest BCUT2D eigenvalue weighted by molar-refractivity contribution is 7.89. The number of sulfonamides is 1. The number of nitrogens with one attached hydrogen (secondary N) is 1. The van der Waals surface area contributed by atoms with Gasteiger partial charge in [-0.1, -0.05) is 0 Å². The number of anilines is 1. The van der Waals surface area contributed by atoms with E-state index >= 15 is 0 Å². The van der Waals surface area contributed by atoms with E-state index in [9.17, 15) is 12.8 Å². The van der Waals surface area contributed by atoms with Crippen LogP contribution in [0.4, 0.5) is 10.1 Å². The van der Waals surface area contributed by atoms with Gasteiger partial charge >= 0.3 is 0 Å². The Balaban J connectivity index is 2.40. The molecule has 0 heterocycles. The summed E-state index contributed by atoms with van der Waals surface area (Å²) in [6, 6.07) is 3.38. The Labute approximate surface area is 118 Å². The second-order valence-electron chi connectivity index (χ2n) is 4.04. The first-order valence-corrected chi connectivity index (χ1v) is 7.57. The third kappa shape index (κ3) is 5.41. The SMILES string of the molecule is COCCOCCCNS(=O)(=O)c1ccc(N)c(F)c1. The fourth-order valence-corrected chi connectivity index (χ4v) is 2.47. The first-order chi connectivity index (χ1) is 9.47. The van der Waals surface area contributed by atoms with E-state index in [2.05, 4.69) is 4.72 Å². The Morgan fingerprint density at radius 2 is 2.05 bits per heavy atom. The van der Waals surface area contributed by atoms with E-state index in [-0.39, 0.29) is 17.1 Å². The molecule has 114 valence electrons. The summed E-state index contributed by atoms with van der Waals surface area (Å²) in [6.45, 7) is 1.59. The van der Waals surface area contributed by atoms with Crippen molar-refractivity contribution < 1.29 is 22.3 Å². The molecule has 0 aliphatic carbocycles. The Bertz CT molecular complexity index is 522. The Hall–Kier alpha value is -1.22. The topological polar surface area (TPSA) is 90.6 Å². The maximum atomic E-state index is 13.2. The number of nitrogens with two attached hydrogens (primary N) is 1. The quantitative estimate of drug-likeness (QED) is 0.519. The van der Waals surface area contributed by atoms with Gasteiger partial charge in [0.2, 0.25) is 10.0 Å². The van der Waals surface area contributed by atoms with Crippen molar-refractivity contribution >= 4 is 15.7 Å². The largest absolute Gasteiger partial charge is 0.396 e. The fraction of sp³-hybridized carbons (Fsp3) is 0.500. The minimum Gasteiger partial charge on any atom is -0.396 e. The van der Waals surface area contributed by atoms with E-state index in [0.717, 1.165) is 6.07 Å². The van der Waals surface area contributed by atoms with Crippen LogP contribution in [0.2, 0.25) is 0 Å². The summed E-state index contributed by atoms with van der Waals surface area (Å²) in [5.41, 5.74) is 5.21. The second-order valence-corrected chi connectivity index (χ2v) is 5.81. The summed E-state index contributed by atoms with van der Waals surface area (Å²) in [5.74, 6) is -0.754. The van der Waals surface area contributed by atoms with Gasteiger partial charge in [0.15, 0.2) is 0 Å². The molecule has 1 rings (SSSR count). The Morgan fingerprint density at radius 1 is 1.30 bits per heavy atom. The molecule has 20 heavy (non-hydrogen) atoms. The number of rotatable bonds is 9. The van der Waals surface area contributed by atoms with Crippen molar-refractivity contribution in [3.63, 3.8) is 0 Å². The summed E-state index contributed by atoms with van der Waals surface area (Å²) in [6.07, 6.45) is 0.514. The molecule has 0 aliphatic rings. The molecule has 0 aliphatic heterocycles. The van der Waals surface area contributed by atoms with Crippen LogP contribution in [0.1, 0.15) is 6.42 Å². The minimum absolute atomic E-state index is 0.0875. The van der Waals surface area contributed by atoms with Gasteiger partial charge < -0.3 is 15.2 Å². The maximum Gasteiger partial charge on any atom is 0.240 e. The van der Waals surface area contributed by atoms with Crippen LogP contribution in [0.15, 0.2) is 23.1 Å². The van der Waals surface area contributed by atoms with Crippen molar-refractivity contribution in [2.45, 2.75) is 11.3 Å². The molecule has 0 radical (unpaired) electrons. The van der Waals surface area contributed by atoms with Gasteiger partial charge in [0.1, 0.15) is 5.82 Å². The van der Waals surface area contributed by atoms with Gasteiger partial charge in [-0.15, -0.1) is 0 Å². The number of methoxy groups -OCH3 is 1. The normalized spacial score (nSPS) is 11.7. The van der Waals surface area contributed by atoms with Gasteiger partial charge in [-0.05, 0) is 24.6 Å². The highest BCUT2D eigenvalue weighted by Gasteiger charge is 2.14. The Kier molecular flexibility index (Phi) is 6.86. The molecule has 1 aromatic rings. The summed E-state index contributed by atoms with van der Waals surface area (Å²) >= 11 is 0. The van der Waals surface area contributed by atoms with Crippen molar-refractivity contribution in [1.29, 1.82) is 0 Å². The summed E-state index contributed by atoms with van der Waals surface area (Å²) < 4.78 is 49.3. The molecule has 6 nitrogen and oxygen atoms in total. The van der Waals surface area contributed by atoms with E-state index in [0.29, 0.717) is 26.2 Å². The van der Waals surface area contributed by atoms with Crippen molar-refractivity contribution in [2.24, 2.45) is 0 Å². The van der Waals surface area contributed by atoms with Crippen LogP contribution < -0.4 is 10.5 Å². The van der Waals surface area contributed by atoms with Crippen molar-refractivity contribution in [3.8, 4) is 0 Å². The van der Waals surface area contributed by atoms with Crippen LogP contribution in [0.5, 0.6) is 0 Å². The molecule has 8 heteroatoms. The van der Waals surface area contributed by atoms with E-state index in [1.165, 1.54) is 12.1 Å². The van der Waals surface area contributed by atoms with Gasteiger partial charge in [0.05, 0.1) is 23.8 Å². The van der Waals surface area contributed by atoms with Gasteiger partial charge in [-0.2, -0.15) is 0 Å². The molecule has 0 saturated heterocycles. The van der Waals surface area contributed by atoms with Gasteiger partial charge in [-0.25, -0.2) is 17.5 Å². The molecule has 0 amide bonds. The first-order valence-electron chi connectivity index (χ1n) is 6.09. The monoisotopic (exact) mass is 306 g/mol. The zero-order chi connectivity index (χ0) is 15.0. The second kappa shape index (κ2) is 8.15. The number of hydrogen-bond acceptors (Lipinski definition) is 5. The van der Waals surface area contributed by atoms with Crippen LogP contribution in [0.3, 0.4) is 0 Å². The molecule has 0 saturated carbocycles. The van der Waals surface area contributed by atoms with Crippen molar-refractivity contribution in [2.75, 3.05) is 39.2 Å². The maximum absolute atomic E-state index is 13.2.